The second-order valence-corrected chi connectivity index (χ2v) is 11.5. The van der Waals surface area contributed by atoms with Gasteiger partial charge in [0.1, 0.15) is 17.2 Å². The van der Waals surface area contributed by atoms with Gasteiger partial charge in [-0.05, 0) is 77.5 Å². The molecule has 1 aromatic carbocycles. The van der Waals surface area contributed by atoms with E-state index in [1.165, 1.54) is 6.07 Å². The van der Waals surface area contributed by atoms with Crippen LogP contribution in [0, 0.1) is 5.82 Å². The smallest absolute Gasteiger partial charge is 0.410 e. The third-order valence-corrected chi connectivity index (χ3v) is 7.35. The lowest BCUT2D eigenvalue weighted by Gasteiger charge is -2.43. The van der Waals surface area contributed by atoms with E-state index in [0.717, 1.165) is 29.4 Å². The van der Waals surface area contributed by atoms with Gasteiger partial charge in [0.2, 0.25) is 0 Å². The number of ether oxygens (including phenoxy) is 1. The fourth-order valence-corrected chi connectivity index (χ4v) is 5.85. The van der Waals surface area contributed by atoms with Crippen molar-refractivity contribution in [2.75, 3.05) is 16.8 Å². The van der Waals surface area contributed by atoms with Gasteiger partial charge in [0.15, 0.2) is 0 Å². The first kappa shape index (κ1) is 25.9. The Kier molecular flexibility index (Phi) is 6.53. The predicted octanol–water partition coefficient (Wildman–Crippen LogP) is 5.59. The Balaban J connectivity index is 1.33. The van der Waals surface area contributed by atoms with Crippen LogP contribution in [0.15, 0.2) is 30.6 Å². The normalized spacial score (nSPS) is 21.5. The Labute approximate surface area is 221 Å². The van der Waals surface area contributed by atoms with Crippen molar-refractivity contribution in [1.29, 1.82) is 0 Å². The maximum absolute atomic E-state index is 14.7. The third-order valence-electron chi connectivity index (χ3n) is 7.35. The van der Waals surface area contributed by atoms with E-state index in [0.29, 0.717) is 24.3 Å². The SMILES string of the molecule is C[C@@H]1CC(c2ccnc3c2CCN3C(=O)Nc2cc3cn(C)nc3cc2F)C[C@H](C)N1C(=O)OC(C)(C)C. The number of nitrogens with one attached hydrogen (secondary N) is 1. The molecule has 0 radical (unpaired) electrons. The highest BCUT2D eigenvalue weighted by Gasteiger charge is 2.39. The number of urea groups is 1. The van der Waals surface area contributed by atoms with E-state index in [1.54, 1.807) is 35.1 Å². The van der Waals surface area contributed by atoms with Crippen LogP contribution >= 0.6 is 0 Å². The summed E-state index contributed by atoms with van der Waals surface area (Å²) in [7, 11) is 1.77. The number of aryl methyl sites for hydroxylation is 1. The number of halogens is 1. The van der Waals surface area contributed by atoms with E-state index in [1.807, 2.05) is 31.7 Å². The number of nitrogens with zero attached hydrogens (tertiary/aromatic N) is 5. The molecule has 5 rings (SSSR count). The first-order valence-electron chi connectivity index (χ1n) is 13.1. The van der Waals surface area contributed by atoms with Crippen LogP contribution in [0.5, 0.6) is 0 Å². The lowest BCUT2D eigenvalue weighted by atomic mass is 9.81. The van der Waals surface area contributed by atoms with Gasteiger partial charge < -0.3 is 15.0 Å². The van der Waals surface area contributed by atoms with Crippen molar-refractivity contribution in [3.63, 3.8) is 0 Å². The average molecular weight is 523 g/mol. The number of carbonyl (C=O) groups is 2. The average Bonchev–Trinajstić information content (AvgIpc) is 3.39. The molecular weight excluding hydrogens is 487 g/mol. The van der Waals surface area contributed by atoms with Crippen LogP contribution in [0.4, 0.5) is 25.5 Å². The lowest BCUT2D eigenvalue weighted by Crippen LogP contribution is -2.51. The Hall–Kier alpha value is -3.69. The van der Waals surface area contributed by atoms with Gasteiger partial charge in [-0.25, -0.2) is 19.0 Å². The number of carbonyl (C=O) groups excluding carboxylic acids is 2. The number of fused-ring (bicyclic) bond motifs is 2. The number of piperidine rings is 1. The standard InChI is InChI=1S/C28H35FN6O3/c1-16-11-18(12-17(2)35(16)27(37)38-28(3,4)5)20-7-9-30-25-21(20)8-10-34(25)26(36)31-24-13-19-15-33(6)32-23(19)14-22(24)29/h7,9,13-18H,8,10-12H2,1-6H3,(H,31,36)/t16-,17+,18?. The summed E-state index contributed by atoms with van der Waals surface area (Å²) in [5.74, 6) is 0.298. The van der Waals surface area contributed by atoms with Crippen molar-refractivity contribution >= 4 is 34.5 Å². The third kappa shape index (κ3) is 4.91. The summed E-state index contributed by atoms with van der Waals surface area (Å²) in [4.78, 5) is 34.0. The van der Waals surface area contributed by atoms with Gasteiger partial charge in [0.05, 0.1) is 11.2 Å². The molecule has 9 nitrogen and oxygen atoms in total. The Morgan fingerprint density at radius 3 is 2.55 bits per heavy atom. The van der Waals surface area contributed by atoms with Crippen LogP contribution in [0.3, 0.4) is 0 Å². The first-order valence-corrected chi connectivity index (χ1v) is 13.1. The molecule has 0 saturated carbocycles. The molecule has 2 aliphatic heterocycles. The minimum absolute atomic E-state index is 0.00795. The molecule has 3 atom stereocenters. The van der Waals surface area contributed by atoms with Crippen LogP contribution in [0.1, 0.15) is 64.5 Å². The van der Waals surface area contributed by atoms with Crippen molar-refractivity contribution in [2.24, 2.45) is 7.05 Å². The zero-order valence-electron chi connectivity index (χ0n) is 22.8. The zero-order valence-corrected chi connectivity index (χ0v) is 22.8. The van der Waals surface area contributed by atoms with E-state index in [-0.39, 0.29) is 29.8 Å². The number of hydrogen-bond donors (Lipinski definition) is 1. The van der Waals surface area contributed by atoms with Gasteiger partial charge >= 0.3 is 12.1 Å². The summed E-state index contributed by atoms with van der Waals surface area (Å²) in [6.07, 6.45) is 5.49. The van der Waals surface area contributed by atoms with Crippen molar-refractivity contribution in [2.45, 2.75) is 77.5 Å². The van der Waals surface area contributed by atoms with Crippen molar-refractivity contribution in [3.05, 3.63) is 47.5 Å². The molecular formula is C28H35FN6O3. The van der Waals surface area contributed by atoms with Gasteiger partial charge in [0.25, 0.3) is 0 Å². The largest absolute Gasteiger partial charge is 0.444 e. The number of pyridine rings is 1. The molecule has 2 aromatic heterocycles. The second-order valence-electron chi connectivity index (χ2n) is 11.5. The molecule has 1 unspecified atom stereocenters. The summed E-state index contributed by atoms with van der Waals surface area (Å²) >= 11 is 0. The highest BCUT2D eigenvalue weighted by Crippen LogP contribution is 2.41. The van der Waals surface area contributed by atoms with E-state index in [4.69, 9.17) is 4.74 Å². The van der Waals surface area contributed by atoms with Crippen LogP contribution in [0.25, 0.3) is 10.9 Å². The van der Waals surface area contributed by atoms with Gasteiger partial charge in [-0.15, -0.1) is 0 Å². The molecule has 10 heteroatoms. The fourth-order valence-electron chi connectivity index (χ4n) is 5.85. The Bertz CT molecular complexity index is 1390. The molecule has 3 aromatic rings. The van der Waals surface area contributed by atoms with Crippen LogP contribution in [0.2, 0.25) is 0 Å². The summed E-state index contributed by atoms with van der Waals surface area (Å²) in [5.41, 5.74) is 2.30. The highest BCUT2D eigenvalue weighted by atomic mass is 19.1. The van der Waals surface area contributed by atoms with E-state index in [2.05, 4.69) is 29.2 Å². The second kappa shape index (κ2) is 9.56. The molecule has 0 spiro atoms. The molecule has 202 valence electrons. The van der Waals surface area contributed by atoms with Crippen LogP contribution in [-0.2, 0) is 18.2 Å². The molecule has 2 aliphatic rings. The van der Waals surface area contributed by atoms with Gasteiger partial charge in [0, 0.05) is 55.1 Å². The minimum atomic E-state index is -0.546. The van der Waals surface area contributed by atoms with Gasteiger partial charge in [-0.2, -0.15) is 5.10 Å². The quantitative estimate of drug-likeness (QED) is 0.473. The molecule has 1 fully saturated rings. The van der Waals surface area contributed by atoms with E-state index < -0.39 is 17.4 Å². The number of hydrogen-bond acceptors (Lipinski definition) is 5. The maximum atomic E-state index is 14.7. The van der Waals surface area contributed by atoms with Crippen molar-refractivity contribution in [3.8, 4) is 0 Å². The monoisotopic (exact) mass is 522 g/mol. The number of benzene rings is 1. The number of amides is 3. The molecule has 0 aliphatic carbocycles. The zero-order chi connectivity index (χ0) is 27.4. The number of likely N-dealkylation sites (tertiary alicyclic amines) is 1. The molecule has 38 heavy (non-hydrogen) atoms. The Morgan fingerprint density at radius 1 is 1.16 bits per heavy atom. The highest BCUT2D eigenvalue weighted by molar-refractivity contribution is 6.03. The topological polar surface area (TPSA) is 92.6 Å². The summed E-state index contributed by atoms with van der Waals surface area (Å²) in [5, 5.41) is 7.67. The molecule has 1 N–H and O–H groups in total. The van der Waals surface area contributed by atoms with Crippen LogP contribution < -0.4 is 10.2 Å². The van der Waals surface area contributed by atoms with Gasteiger partial charge in [-0.3, -0.25) is 9.58 Å². The Morgan fingerprint density at radius 2 is 1.87 bits per heavy atom. The van der Waals surface area contributed by atoms with Crippen molar-refractivity contribution in [1.82, 2.24) is 19.7 Å². The van der Waals surface area contributed by atoms with Crippen LogP contribution in [-0.4, -0.2) is 56.0 Å². The van der Waals surface area contributed by atoms with E-state index >= 15 is 0 Å². The molecule has 3 amide bonds. The fraction of sp³-hybridized carbons (Fsp3) is 0.500. The lowest BCUT2D eigenvalue weighted by molar-refractivity contribution is -0.00258. The summed E-state index contributed by atoms with van der Waals surface area (Å²) < 4.78 is 22.0. The number of aromatic nitrogens is 3. The first-order chi connectivity index (χ1) is 17.9. The summed E-state index contributed by atoms with van der Waals surface area (Å²) in [6.45, 7) is 10.2. The maximum Gasteiger partial charge on any atom is 0.410 e. The summed E-state index contributed by atoms with van der Waals surface area (Å²) in [6, 6.07) is 4.55. The van der Waals surface area contributed by atoms with Crippen molar-refractivity contribution < 1.29 is 18.7 Å². The van der Waals surface area contributed by atoms with E-state index in [9.17, 15) is 14.0 Å². The number of rotatable bonds is 2. The minimum Gasteiger partial charge on any atom is -0.444 e. The van der Waals surface area contributed by atoms with Gasteiger partial charge in [-0.1, -0.05) is 0 Å². The number of anilines is 2. The predicted molar refractivity (Wildman–Crippen MR) is 144 cm³/mol. The molecule has 4 heterocycles. The molecule has 1 saturated heterocycles. The molecule has 0 bridgehead atoms.